The molecule has 0 spiro atoms. The minimum atomic E-state index is -3.77. The molecule has 1 atom stereocenters. The Morgan fingerprint density at radius 2 is 1.55 bits per heavy atom. The summed E-state index contributed by atoms with van der Waals surface area (Å²) in [6, 6.07) is 15.0. The molecule has 0 aliphatic heterocycles. The van der Waals surface area contributed by atoms with Crippen molar-refractivity contribution in [3.8, 4) is 0 Å². The van der Waals surface area contributed by atoms with Crippen LogP contribution in [0.2, 0.25) is 0 Å². The fraction of sp³-hybridized carbons (Fsp3) is 0.588. The fourth-order valence-corrected chi connectivity index (χ4v) is 8.95. The van der Waals surface area contributed by atoms with Gasteiger partial charge in [-0.05, 0) is 105 Å². The van der Waals surface area contributed by atoms with E-state index >= 15 is 0 Å². The Labute approximate surface area is 252 Å². The monoisotopic (exact) mass is 593 g/mol. The van der Waals surface area contributed by atoms with Crippen molar-refractivity contribution in [2.45, 2.75) is 84.2 Å². The van der Waals surface area contributed by atoms with Crippen LogP contribution in [-0.4, -0.2) is 50.5 Å². The predicted octanol–water partition coefficient (Wildman–Crippen LogP) is 5.42. The molecule has 2 aromatic rings. The molecule has 42 heavy (non-hydrogen) atoms. The number of amides is 2. The molecule has 0 aromatic heterocycles. The number of nitrogens with zero attached hydrogens (tertiary/aromatic N) is 2. The average molecular weight is 594 g/mol. The van der Waals surface area contributed by atoms with Gasteiger partial charge in [0.1, 0.15) is 12.6 Å². The lowest BCUT2D eigenvalue weighted by atomic mass is 9.48. The number of hydrogen-bond acceptors (Lipinski definition) is 4. The fourth-order valence-electron chi connectivity index (χ4n) is 8.10. The second kappa shape index (κ2) is 12.0. The first kappa shape index (κ1) is 30.6. The molecular formula is C34H47N3O4S. The van der Waals surface area contributed by atoms with E-state index < -0.39 is 22.0 Å². The quantitative estimate of drug-likeness (QED) is 0.377. The number of anilines is 1. The van der Waals surface area contributed by atoms with Crippen LogP contribution in [0.1, 0.15) is 76.0 Å². The number of nitrogens with one attached hydrogen (secondary N) is 1. The summed E-state index contributed by atoms with van der Waals surface area (Å²) in [5.41, 5.74) is 3.93. The third-order valence-electron chi connectivity index (χ3n) is 9.77. The van der Waals surface area contributed by atoms with Gasteiger partial charge in [-0.25, -0.2) is 8.42 Å². The third-order valence-corrected chi connectivity index (χ3v) is 10.9. The van der Waals surface area contributed by atoms with E-state index in [4.69, 9.17) is 0 Å². The normalized spacial score (nSPS) is 25.3. The molecule has 0 saturated heterocycles. The van der Waals surface area contributed by atoms with Crippen molar-refractivity contribution in [1.82, 2.24) is 10.2 Å². The third kappa shape index (κ3) is 6.69. The molecule has 2 amide bonds. The lowest BCUT2D eigenvalue weighted by Crippen LogP contribution is -2.51. The number of aryl methyl sites for hydroxylation is 1. The van der Waals surface area contributed by atoms with Crippen LogP contribution in [0.25, 0.3) is 0 Å². The van der Waals surface area contributed by atoms with Gasteiger partial charge in [-0.1, -0.05) is 55.8 Å². The Morgan fingerprint density at radius 1 is 0.952 bits per heavy atom. The van der Waals surface area contributed by atoms with Crippen LogP contribution in [0.15, 0.2) is 48.5 Å². The Balaban J connectivity index is 1.38. The number of sulfonamides is 1. The second-order valence-corrected chi connectivity index (χ2v) is 15.7. The number of benzene rings is 2. The maximum atomic E-state index is 13.9. The zero-order valence-corrected chi connectivity index (χ0v) is 26.6. The molecule has 1 N–H and O–H groups in total. The summed E-state index contributed by atoms with van der Waals surface area (Å²) in [4.78, 5) is 28.4. The largest absolute Gasteiger partial charge is 0.354 e. The van der Waals surface area contributed by atoms with E-state index in [0.717, 1.165) is 35.1 Å². The predicted molar refractivity (Wildman–Crippen MR) is 168 cm³/mol. The summed E-state index contributed by atoms with van der Waals surface area (Å²) >= 11 is 0. The average Bonchev–Trinajstić information content (AvgIpc) is 2.91. The maximum Gasteiger partial charge on any atom is 0.244 e. The first-order valence-electron chi connectivity index (χ1n) is 15.5. The lowest BCUT2D eigenvalue weighted by Gasteiger charge is -2.57. The molecule has 7 nitrogen and oxygen atoms in total. The van der Waals surface area contributed by atoms with E-state index in [9.17, 15) is 18.0 Å². The van der Waals surface area contributed by atoms with Gasteiger partial charge in [0.05, 0.1) is 11.9 Å². The summed E-state index contributed by atoms with van der Waals surface area (Å²) < 4.78 is 27.3. The highest BCUT2D eigenvalue weighted by molar-refractivity contribution is 7.92. The van der Waals surface area contributed by atoms with E-state index in [0.29, 0.717) is 12.2 Å². The van der Waals surface area contributed by atoms with Gasteiger partial charge in [0.2, 0.25) is 21.8 Å². The van der Waals surface area contributed by atoms with Gasteiger partial charge in [0.15, 0.2) is 0 Å². The van der Waals surface area contributed by atoms with Crippen molar-refractivity contribution in [2.24, 2.45) is 23.7 Å². The number of hydrogen-bond donors (Lipinski definition) is 1. The van der Waals surface area contributed by atoms with E-state index in [2.05, 4.69) is 17.4 Å². The molecule has 4 bridgehead atoms. The molecule has 0 radical (unpaired) electrons. The van der Waals surface area contributed by atoms with Crippen LogP contribution in [0.5, 0.6) is 0 Å². The molecule has 4 aliphatic carbocycles. The summed E-state index contributed by atoms with van der Waals surface area (Å²) in [7, 11) is -3.77. The second-order valence-electron chi connectivity index (χ2n) is 13.8. The first-order valence-corrected chi connectivity index (χ1v) is 17.4. The van der Waals surface area contributed by atoms with E-state index in [1.807, 2.05) is 57.2 Å². The molecule has 4 aliphatic rings. The van der Waals surface area contributed by atoms with E-state index in [1.54, 1.807) is 6.92 Å². The summed E-state index contributed by atoms with van der Waals surface area (Å²) in [6.45, 7) is 8.04. The molecule has 8 heteroatoms. The van der Waals surface area contributed by atoms with Crippen LogP contribution >= 0.6 is 0 Å². The highest BCUT2D eigenvalue weighted by Gasteiger charge is 2.51. The Morgan fingerprint density at radius 3 is 2.07 bits per heavy atom. The van der Waals surface area contributed by atoms with Crippen molar-refractivity contribution in [1.29, 1.82) is 0 Å². The van der Waals surface area contributed by atoms with Gasteiger partial charge in [-0.15, -0.1) is 0 Å². The zero-order chi connectivity index (χ0) is 30.2. The highest BCUT2D eigenvalue weighted by Crippen LogP contribution is 2.60. The van der Waals surface area contributed by atoms with Crippen LogP contribution in [0, 0.1) is 30.6 Å². The lowest BCUT2D eigenvalue weighted by molar-refractivity contribution is -0.139. The Hall–Kier alpha value is -2.87. The van der Waals surface area contributed by atoms with E-state index in [-0.39, 0.29) is 30.3 Å². The SMILES string of the molecule is Cc1cccc(CN(C(=O)CN(c2ccc(C34CC5CC(CC(C5)C3)C4)cc2)S(C)(=O)=O)C(C)C(=O)NCC(C)C)c1. The van der Waals surface area contributed by atoms with Gasteiger partial charge in [-0.2, -0.15) is 0 Å². The minimum absolute atomic E-state index is 0.208. The molecule has 0 heterocycles. The molecule has 2 aromatic carbocycles. The Bertz CT molecular complexity index is 1370. The molecule has 228 valence electrons. The van der Waals surface area contributed by atoms with Gasteiger partial charge < -0.3 is 10.2 Å². The number of carbonyl (C=O) groups excluding carboxylic acids is 2. The zero-order valence-electron chi connectivity index (χ0n) is 25.8. The van der Waals surface area contributed by atoms with Gasteiger partial charge in [0.25, 0.3) is 0 Å². The van der Waals surface area contributed by atoms with Crippen LogP contribution in [-0.2, 0) is 31.6 Å². The molecule has 1 unspecified atom stereocenters. The molecule has 4 saturated carbocycles. The van der Waals surface area contributed by atoms with E-state index in [1.165, 1.54) is 53.3 Å². The molecular weight excluding hydrogens is 546 g/mol. The van der Waals surface area contributed by atoms with Crippen LogP contribution in [0.4, 0.5) is 5.69 Å². The van der Waals surface area contributed by atoms with Crippen LogP contribution in [0.3, 0.4) is 0 Å². The summed E-state index contributed by atoms with van der Waals surface area (Å²) in [5.74, 6) is 2.06. The van der Waals surface area contributed by atoms with Crippen molar-refractivity contribution in [2.75, 3.05) is 23.7 Å². The summed E-state index contributed by atoms with van der Waals surface area (Å²) in [5, 5.41) is 2.93. The first-order chi connectivity index (χ1) is 19.8. The molecule has 6 rings (SSSR count). The van der Waals surface area contributed by atoms with Crippen LogP contribution < -0.4 is 9.62 Å². The van der Waals surface area contributed by atoms with Crippen molar-refractivity contribution in [3.63, 3.8) is 0 Å². The van der Waals surface area contributed by atoms with Crippen molar-refractivity contribution < 1.29 is 18.0 Å². The highest BCUT2D eigenvalue weighted by atomic mass is 32.2. The Kier molecular flexibility index (Phi) is 8.75. The van der Waals surface area contributed by atoms with Crippen molar-refractivity contribution >= 4 is 27.5 Å². The maximum absolute atomic E-state index is 13.9. The number of rotatable bonds is 11. The van der Waals surface area contributed by atoms with Crippen molar-refractivity contribution in [3.05, 3.63) is 65.2 Å². The topological polar surface area (TPSA) is 86.8 Å². The van der Waals surface area contributed by atoms with Gasteiger partial charge >= 0.3 is 0 Å². The standard InChI is InChI=1S/C34H47N3O4S/c1-23(2)20-35-33(39)25(4)36(21-26-8-6-7-24(3)13-26)32(38)22-37(42(5,40)41)31-11-9-30(10-12-31)34-17-27-14-28(18-34)16-29(15-27)19-34/h6-13,23,25,27-29H,14-22H2,1-5H3,(H,35,39). The van der Waals surface area contributed by atoms with Gasteiger partial charge in [0, 0.05) is 13.1 Å². The number of carbonyl (C=O) groups is 2. The minimum Gasteiger partial charge on any atom is -0.354 e. The summed E-state index contributed by atoms with van der Waals surface area (Å²) in [6.07, 6.45) is 8.94. The smallest absolute Gasteiger partial charge is 0.244 e. The van der Waals surface area contributed by atoms with Gasteiger partial charge in [-0.3, -0.25) is 13.9 Å². The molecule has 4 fully saturated rings.